The largest absolute Gasteiger partial charge is 0.335 e. The summed E-state index contributed by atoms with van der Waals surface area (Å²) in [5, 5.41) is 6.47. The zero-order valence-electron chi connectivity index (χ0n) is 14.2. The van der Waals surface area contributed by atoms with Gasteiger partial charge in [-0.3, -0.25) is 0 Å². The number of nitrogens with zero attached hydrogens (tertiary/aromatic N) is 1. The molecule has 1 saturated heterocycles. The molecule has 0 bridgehead atoms. The van der Waals surface area contributed by atoms with Crippen molar-refractivity contribution in [1.29, 1.82) is 0 Å². The van der Waals surface area contributed by atoms with Gasteiger partial charge in [-0.1, -0.05) is 32.6 Å². The van der Waals surface area contributed by atoms with E-state index in [2.05, 4.69) is 22.5 Å². The highest BCUT2D eigenvalue weighted by Crippen LogP contribution is 2.40. The van der Waals surface area contributed by atoms with E-state index in [-0.39, 0.29) is 6.03 Å². The van der Waals surface area contributed by atoms with Gasteiger partial charge in [0.2, 0.25) is 0 Å². The lowest BCUT2D eigenvalue weighted by molar-refractivity contribution is 0.142. The number of fused-ring (bicyclic) bond motifs is 1. The van der Waals surface area contributed by atoms with Crippen molar-refractivity contribution in [3.05, 3.63) is 0 Å². The maximum Gasteiger partial charge on any atom is 0.315 e. The van der Waals surface area contributed by atoms with Crippen LogP contribution in [-0.2, 0) is 0 Å². The Balaban J connectivity index is 1.42. The van der Waals surface area contributed by atoms with Gasteiger partial charge < -0.3 is 15.5 Å². The fourth-order valence-corrected chi connectivity index (χ4v) is 4.88. The molecule has 126 valence electrons. The monoisotopic (exact) mass is 307 g/mol. The highest BCUT2D eigenvalue weighted by molar-refractivity contribution is 5.74. The summed E-state index contributed by atoms with van der Waals surface area (Å²) in [6.07, 6.45) is 11.7. The number of carbonyl (C=O) groups excluding carboxylic acids is 1. The minimum absolute atomic E-state index is 0.0715. The SMILES string of the molecule is CCN1CCC[C@H](NC(=O)N[C@@H]2CC[C@@H]3CCCC[C@H]3C2)C1. The molecule has 0 radical (unpaired) electrons. The van der Waals surface area contributed by atoms with E-state index >= 15 is 0 Å². The van der Waals surface area contributed by atoms with Crippen molar-refractivity contribution >= 4 is 6.03 Å². The number of likely N-dealkylation sites (N-methyl/N-ethyl adjacent to an activating group) is 1. The van der Waals surface area contributed by atoms with Crippen LogP contribution in [0.4, 0.5) is 4.79 Å². The van der Waals surface area contributed by atoms with Gasteiger partial charge in [-0.25, -0.2) is 4.79 Å². The van der Waals surface area contributed by atoms with Crippen molar-refractivity contribution in [2.45, 2.75) is 76.8 Å². The Morgan fingerprint density at radius 2 is 1.73 bits per heavy atom. The summed E-state index contributed by atoms with van der Waals surface area (Å²) in [5.41, 5.74) is 0. The van der Waals surface area contributed by atoms with E-state index < -0.39 is 0 Å². The van der Waals surface area contributed by atoms with Gasteiger partial charge in [-0.15, -0.1) is 0 Å². The van der Waals surface area contributed by atoms with E-state index in [1.54, 1.807) is 0 Å². The average molecular weight is 307 g/mol. The molecule has 0 aromatic rings. The third kappa shape index (κ3) is 4.15. The van der Waals surface area contributed by atoms with Crippen LogP contribution in [0.15, 0.2) is 0 Å². The number of urea groups is 1. The smallest absolute Gasteiger partial charge is 0.315 e. The van der Waals surface area contributed by atoms with Gasteiger partial charge in [0.15, 0.2) is 0 Å². The number of likely N-dealkylation sites (tertiary alicyclic amines) is 1. The molecule has 4 heteroatoms. The molecule has 4 atom stereocenters. The minimum atomic E-state index is 0.0715. The van der Waals surface area contributed by atoms with Crippen molar-refractivity contribution in [3.8, 4) is 0 Å². The Kier molecular flexibility index (Phi) is 5.61. The molecule has 2 aliphatic carbocycles. The van der Waals surface area contributed by atoms with Crippen molar-refractivity contribution in [1.82, 2.24) is 15.5 Å². The zero-order valence-corrected chi connectivity index (χ0v) is 14.2. The van der Waals surface area contributed by atoms with Crippen LogP contribution in [0.5, 0.6) is 0 Å². The summed E-state index contributed by atoms with van der Waals surface area (Å²) in [4.78, 5) is 14.7. The average Bonchev–Trinajstić information content (AvgIpc) is 2.55. The Bertz CT molecular complexity index is 373. The van der Waals surface area contributed by atoms with E-state index in [1.165, 1.54) is 57.9 Å². The normalized spacial score (nSPS) is 36.4. The van der Waals surface area contributed by atoms with Crippen LogP contribution < -0.4 is 10.6 Å². The number of carbonyl (C=O) groups is 1. The van der Waals surface area contributed by atoms with Gasteiger partial charge in [0.1, 0.15) is 0 Å². The molecule has 3 aliphatic rings. The number of piperidine rings is 1. The molecule has 2 amide bonds. The molecule has 2 saturated carbocycles. The second-order valence-corrected chi connectivity index (χ2v) is 7.66. The Morgan fingerprint density at radius 1 is 0.955 bits per heavy atom. The van der Waals surface area contributed by atoms with Crippen LogP contribution in [0.3, 0.4) is 0 Å². The molecule has 1 heterocycles. The predicted molar refractivity (Wildman–Crippen MR) is 89.9 cm³/mol. The third-order valence-electron chi connectivity index (χ3n) is 6.16. The Morgan fingerprint density at radius 3 is 2.55 bits per heavy atom. The molecule has 22 heavy (non-hydrogen) atoms. The summed E-state index contributed by atoms with van der Waals surface area (Å²) < 4.78 is 0. The van der Waals surface area contributed by atoms with E-state index in [4.69, 9.17) is 0 Å². The number of hydrogen-bond acceptors (Lipinski definition) is 2. The lowest BCUT2D eigenvalue weighted by atomic mass is 9.69. The van der Waals surface area contributed by atoms with Gasteiger partial charge in [0.05, 0.1) is 0 Å². The lowest BCUT2D eigenvalue weighted by Gasteiger charge is -2.39. The van der Waals surface area contributed by atoms with Crippen molar-refractivity contribution in [2.24, 2.45) is 11.8 Å². The molecule has 0 spiro atoms. The molecule has 3 rings (SSSR count). The number of rotatable bonds is 3. The topological polar surface area (TPSA) is 44.4 Å². The van der Waals surface area contributed by atoms with Gasteiger partial charge in [0, 0.05) is 18.6 Å². The van der Waals surface area contributed by atoms with E-state index in [0.717, 1.165) is 31.3 Å². The summed E-state index contributed by atoms with van der Waals surface area (Å²) in [6, 6.07) is 0.812. The van der Waals surface area contributed by atoms with Crippen LogP contribution in [-0.4, -0.2) is 42.6 Å². The second-order valence-electron chi connectivity index (χ2n) is 7.66. The minimum Gasteiger partial charge on any atom is -0.335 e. The molecule has 1 aliphatic heterocycles. The summed E-state index contributed by atoms with van der Waals surface area (Å²) in [7, 11) is 0. The first kappa shape index (κ1) is 16.1. The second kappa shape index (κ2) is 7.67. The van der Waals surface area contributed by atoms with Crippen molar-refractivity contribution in [3.63, 3.8) is 0 Å². The van der Waals surface area contributed by atoms with Crippen LogP contribution in [0, 0.1) is 11.8 Å². The summed E-state index contributed by atoms with van der Waals surface area (Å²) in [5.74, 6) is 1.82. The van der Waals surface area contributed by atoms with Crippen LogP contribution in [0.25, 0.3) is 0 Å². The first-order chi connectivity index (χ1) is 10.7. The fourth-order valence-electron chi connectivity index (χ4n) is 4.88. The maximum absolute atomic E-state index is 12.3. The first-order valence-electron chi connectivity index (χ1n) is 9.54. The van der Waals surface area contributed by atoms with Crippen LogP contribution >= 0.6 is 0 Å². The molecular formula is C18H33N3O. The standard InChI is InChI=1S/C18H33N3O/c1-2-21-11-5-8-17(13-21)20-18(22)19-16-10-9-14-6-3-4-7-15(14)12-16/h14-17H,2-13H2,1H3,(H2,19,20,22)/t14-,15-,16+,17-/m0/s1. The fraction of sp³-hybridized carbons (Fsp3) is 0.944. The maximum atomic E-state index is 12.3. The molecule has 4 nitrogen and oxygen atoms in total. The number of nitrogens with one attached hydrogen (secondary N) is 2. The molecule has 0 aromatic carbocycles. The highest BCUT2D eigenvalue weighted by Gasteiger charge is 2.33. The Hall–Kier alpha value is -0.770. The van der Waals surface area contributed by atoms with Crippen molar-refractivity contribution in [2.75, 3.05) is 19.6 Å². The lowest BCUT2D eigenvalue weighted by Crippen LogP contribution is -2.53. The Labute approximate surface area is 135 Å². The zero-order chi connectivity index (χ0) is 15.4. The summed E-state index contributed by atoms with van der Waals surface area (Å²) in [6.45, 7) is 5.48. The van der Waals surface area contributed by atoms with Crippen LogP contribution in [0.2, 0.25) is 0 Å². The van der Waals surface area contributed by atoms with E-state index in [1.807, 2.05) is 0 Å². The molecule has 3 fully saturated rings. The van der Waals surface area contributed by atoms with Crippen molar-refractivity contribution < 1.29 is 4.79 Å². The van der Waals surface area contributed by atoms with Gasteiger partial charge >= 0.3 is 6.03 Å². The van der Waals surface area contributed by atoms with E-state index in [9.17, 15) is 4.79 Å². The first-order valence-corrected chi connectivity index (χ1v) is 9.54. The van der Waals surface area contributed by atoms with Crippen LogP contribution in [0.1, 0.15) is 64.7 Å². The quantitative estimate of drug-likeness (QED) is 0.841. The van der Waals surface area contributed by atoms with E-state index in [0.29, 0.717) is 12.1 Å². The third-order valence-corrected chi connectivity index (χ3v) is 6.16. The van der Waals surface area contributed by atoms with Gasteiger partial charge in [-0.2, -0.15) is 0 Å². The van der Waals surface area contributed by atoms with Gasteiger partial charge in [-0.05, 0) is 57.0 Å². The molecular weight excluding hydrogens is 274 g/mol. The highest BCUT2D eigenvalue weighted by atomic mass is 16.2. The summed E-state index contributed by atoms with van der Waals surface area (Å²) >= 11 is 0. The molecule has 0 unspecified atom stereocenters. The number of amides is 2. The number of hydrogen-bond donors (Lipinski definition) is 2. The van der Waals surface area contributed by atoms with Gasteiger partial charge in [0.25, 0.3) is 0 Å². The molecule has 0 aromatic heterocycles. The predicted octanol–water partition coefficient (Wildman–Crippen LogP) is 3.13. The molecule has 2 N–H and O–H groups in total.